The molecule has 0 aliphatic heterocycles. The third kappa shape index (κ3) is 15.8. The molecule has 262 valence electrons. The Morgan fingerprint density at radius 3 is 1.47 bits per heavy atom. The number of alkyl halides is 2. The molecule has 0 heterocycles. The van der Waals surface area contributed by atoms with Gasteiger partial charge in [-0.2, -0.15) is 0 Å². The van der Waals surface area contributed by atoms with E-state index in [1.54, 1.807) is 0 Å². The summed E-state index contributed by atoms with van der Waals surface area (Å²) in [5.41, 5.74) is 0.302. The van der Waals surface area contributed by atoms with E-state index in [9.17, 15) is 33.6 Å². The molecule has 0 aromatic heterocycles. The topological polar surface area (TPSA) is 192 Å². The lowest BCUT2D eigenvalue weighted by Crippen LogP contribution is -2.40. The van der Waals surface area contributed by atoms with E-state index in [1.165, 1.54) is 27.7 Å². The summed E-state index contributed by atoms with van der Waals surface area (Å²) in [7, 11) is 0. The molecule has 14 nitrogen and oxygen atoms in total. The Bertz CT molecular complexity index is 1270. The second-order valence-corrected chi connectivity index (χ2v) is 14.8. The van der Waals surface area contributed by atoms with E-state index in [4.69, 9.17) is 18.9 Å². The van der Waals surface area contributed by atoms with Crippen LogP contribution < -0.4 is 16.0 Å². The second-order valence-electron chi connectivity index (χ2n) is 9.70. The first kappa shape index (κ1) is 43.7. The zero-order valence-electron chi connectivity index (χ0n) is 25.8. The number of halogens is 5. The summed E-state index contributed by atoms with van der Waals surface area (Å²) in [6.45, 7) is 3.64. The van der Waals surface area contributed by atoms with Crippen LogP contribution in [0.5, 0.6) is 0 Å². The number of carbonyl (C=O) groups is 7. The van der Waals surface area contributed by atoms with E-state index >= 15 is 0 Å². The number of amides is 3. The SMILES string of the molecule is CC(=O)OCC(CNC(=O)c1c(I)c(NC(=O)C(Br)CCCCBr)c(I)c(C(=O)NCC(COC(C)=O)OC(C)=O)c1I)OC(C)=O. The highest BCUT2D eigenvalue weighted by Gasteiger charge is 2.30. The highest BCUT2D eigenvalue weighted by atomic mass is 127. The predicted molar refractivity (Wildman–Crippen MR) is 203 cm³/mol. The van der Waals surface area contributed by atoms with Gasteiger partial charge in [0.2, 0.25) is 5.91 Å². The Balaban J connectivity index is 3.54. The first-order chi connectivity index (χ1) is 22.0. The van der Waals surface area contributed by atoms with Crippen LogP contribution in [0.1, 0.15) is 67.7 Å². The van der Waals surface area contributed by atoms with Gasteiger partial charge in [-0.25, -0.2) is 0 Å². The maximum Gasteiger partial charge on any atom is 0.303 e. The lowest BCUT2D eigenvalue weighted by Gasteiger charge is -2.22. The largest absolute Gasteiger partial charge is 0.462 e. The average molecular weight is 1130 g/mol. The first-order valence-electron chi connectivity index (χ1n) is 13.9. The van der Waals surface area contributed by atoms with Crippen molar-refractivity contribution in [3.63, 3.8) is 0 Å². The highest BCUT2D eigenvalue weighted by molar-refractivity contribution is 14.1. The Morgan fingerprint density at radius 1 is 0.681 bits per heavy atom. The van der Waals surface area contributed by atoms with Gasteiger partial charge < -0.3 is 34.9 Å². The van der Waals surface area contributed by atoms with E-state index < -0.39 is 52.7 Å². The molecule has 3 atom stereocenters. The van der Waals surface area contributed by atoms with Crippen molar-refractivity contribution >= 4 is 147 Å². The van der Waals surface area contributed by atoms with Crippen LogP contribution >= 0.6 is 99.6 Å². The molecule has 47 heavy (non-hydrogen) atoms. The number of nitrogens with one attached hydrogen (secondary N) is 3. The van der Waals surface area contributed by atoms with Crippen molar-refractivity contribution < 1.29 is 52.5 Å². The van der Waals surface area contributed by atoms with Crippen molar-refractivity contribution in [2.75, 3.05) is 37.0 Å². The molecule has 1 aromatic carbocycles. The molecule has 19 heteroatoms. The molecule has 0 saturated carbocycles. The fraction of sp³-hybridized carbons (Fsp3) is 0.536. The number of carbonyl (C=O) groups excluding carboxylic acids is 7. The zero-order chi connectivity index (χ0) is 35.8. The minimum absolute atomic E-state index is 0.0444. The summed E-state index contributed by atoms with van der Waals surface area (Å²) in [6, 6.07) is 0. The number of rotatable bonds is 18. The zero-order valence-corrected chi connectivity index (χ0v) is 35.4. The fourth-order valence-corrected chi connectivity index (χ4v) is 8.92. The van der Waals surface area contributed by atoms with Crippen LogP contribution in [0, 0.1) is 10.7 Å². The Labute approximate surface area is 329 Å². The molecule has 0 bridgehead atoms. The normalized spacial score (nSPS) is 12.5. The molecule has 0 fully saturated rings. The maximum absolute atomic E-state index is 13.6. The monoisotopic (exact) mass is 1130 g/mol. The molecular weight excluding hydrogens is 1090 g/mol. The van der Waals surface area contributed by atoms with Crippen LogP contribution in [0.15, 0.2) is 0 Å². The Hall–Kier alpha value is -1.34. The van der Waals surface area contributed by atoms with Gasteiger partial charge in [0.15, 0.2) is 12.2 Å². The average Bonchev–Trinajstić information content (AvgIpc) is 2.97. The molecule has 1 aromatic rings. The molecular formula is C28H34Br2I3N3O11. The Kier molecular flexibility index (Phi) is 20.8. The molecule has 0 aliphatic rings. The van der Waals surface area contributed by atoms with Gasteiger partial charge in [0, 0.05) is 36.6 Å². The number of esters is 4. The van der Waals surface area contributed by atoms with E-state index in [2.05, 4.69) is 47.8 Å². The first-order valence-corrected chi connectivity index (χ1v) is 19.2. The van der Waals surface area contributed by atoms with Crippen LogP contribution in [0.25, 0.3) is 0 Å². The van der Waals surface area contributed by atoms with Gasteiger partial charge in [-0.3, -0.25) is 33.6 Å². The van der Waals surface area contributed by atoms with E-state index in [0.717, 1.165) is 18.2 Å². The summed E-state index contributed by atoms with van der Waals surface area (Å²) in [5, 5.41) is 8.93. The number of ether oxygens (including phenoxy) is 4. The molecule has 0 saturated heterocycles. The van der Waals surface area contributed by atoms with Crippen molar-refractivity contribution in [2.45, 2.75) is 64.0 Å². The lowest BCUT2D eigenvalue weighted by atomic mass is 10.1. The van der Waals surface area contributed by atoms with Crippen molar-refractivity contribution in [2.24, 2.45) is 0 Å². The van der Waals surface area contributed by atoms with Gasteiger partial charge >= 0.3 is 23.9 Å². The Morgan fingerprint density at radius 2 is 1.11 bits per heavy atom. The lowest BCUT2D eigenvalue weighted by molar-refractivity contribution is -0.155. The van der Waals surface area contributed by atoms with Gasteiger partial charge in [-0.15, -0.1) is 0 Å². The molecule has 0 aliphatic carbocycles. The van der Waals surface area contributed by atoms with Crippen LogP contribution in [0.3, 0.4) is 0 Å². The number of anilines is 1. The minimum Gasteiger partial charge on any atom is -0.462 e. The fourth-order valence-electron chi connectivity index (χ4n) is 3.67. The smallest absolute Gasteiger partial charge is 0.303 e. The number of benzene rings is 1. The quantitative estimate of drug-likeness (QED) is 0.0628. The van der Waals surface area contributed by atoms with Crippen LogP contribution in [-0.2, 0) is 42.9 Å². The summed E-state index contributed by atoms with van der Waals surface area (Å²) in [6.07, 6.45) is 0.177. The van der Waals surface area contributed by atoms with Crippen molar-refractivity contribution in [1.29, 1.82) is 0 Å². The molecule has 0 radical (unpaired) electrons. The van der Waals surface area contributed by atoms with Gasteiger partial charge in [0.05, 0.1) is 41.9 Å². The molecule has 3 amide bonds. The van der Waals surface area contributed by atoms with E-state index in [1.807, 2.05) is 67.8 Å². The van der Waals surface area contributed by atoms with Gasteiger partial charge in [0.1, 0.15) is 13.2 Å². The summed E-state index contributed by atoms with van der Waals surface area (Å²) < 4.78 is 21.1. The van der Waals surface area contributed by atoms with Crippen molar-refractivity contribution in [3.05, 3.63) is 21.8 Å². The van der Waals surface area contributed by atoms with Crippen LogP contribution in [0.2, 0.25) is 0 Å². The molecule has 3 unspecified atom stereocenters. The second kappa shape index (κ2) is 22.4. The van der Waals surface area contributed by atoms with Gasteiger partial charge in [0.25, 0.3) is 11.8 Å². The number of unbranched alkanes of at least 4 members (excludes halogenated alkanes) is 1. The van der Waals surface area contributed by atoms with Crippen molar-refractivity contribution in [1.82, 2.24) is 10.6 Å². The standard InChI is InChI=1S/C28H34Br2I3N3O11/c1-13(37)44-11-17(46-15(3)39)9-34-27(42)20-22(31)21(28(43)35-10-18(47-16(4)40)12-45-14(2)38)24(33)25(23(20)32)36-26(41)19(30)7-5-6-8-29/h17-19H,5-12H2,1-4H3,(H,34,42)(H,35,43)(H,36,41). The van der Waals surface area contributed by atoms with Crippen LogP contribution in [0.4, 0.5) is 5.69 Å². The summed E-state index contributed by atoms with van der Waals surface area (Å²) >= 11 is 12.4. The molecule has 1 rings (SSSR count). The van der Waals surface area contributed by atoms with E-state index in [-0.39, 0.29) is 52.6 Å². The van der Waals surface area contributed by atoms with E-state index in [0.29, 0.717) is 13.6 Å². The predicted octanol–water partition coefficient (Wildman–Crippen LogP) is 4.22. The van der Waals surface area contributed by atoms with Crippen LogP contribution in [-0.4, -0.2) is 90.3 Å². The van der Waals surface area contributed by atoms with Gasteiger partial charge in [-0.1, -0.05) is 38.3 Å². The highest BCUT2D eigenvalue weighted by Crippen LogP contribution is 2.36. The number of hydrogen-bond donors (Lipinski definition) is 3. The summed E-state index contributed by atoms with van der Waals surface area (Å²) in [4.78, 5) is 85.7. The van der Waals surface area contributed by atoms with Gasteiger partial charge in [-0.05, 0) is 80.6 Å². The molecule has 0 spiro atoms. The summed E-state index contributed by atoms with van der Waals surface area (Å²) in [5.74, 6) is -4.23. The maximum atomic E-state index is 13.6. The third-order valence-electron chi connectivity index (χ3n) is 5.74. The minimum atomic E-state index is -0.995. The third-order valence-corrected chi connectivity index (χ3v) is 10.4. The molecule has 3 N–H and O–H groups in total. The van der Waals surface area contributed by atoms with Crippen molar-refractivity contribution in [3.8, 4) is 0 Å². The number of hydrogen-bond acceptors (Lipinski definition) is 11.